The predicted octanol–water partition coefficient (Wildman–Crippen LogP) is 5.09. The van der Waals surface area contributed by atoms with Gasteiger partial charge in [-0.25, -0.2) is 0 Å². The van der Waals surface area contributed by atoms with Gasteiger partial charge in [0.2, 0.25) is 0 Å². The first kappa shape index (κ1) is 14.8. The Morgan fingerprint density at radius 2 is 1.53 bits per heavy atom. The normalized spacial score (nSPS) is 18.7. The Kier molecular flexibility index (Phi) is 3.97. The first-order valence-electron chi connectivity index (χ1n) is 7.59. The van der Waals surface area contributed by atoms with Crippen LogP contribution in [0, 0.1) is 10.2 Å². The third-order valence-electron chi connectivity index (χ3n) is 4.27. The first-order chi connectivity index (χ1) is 8.74. The van der Waals surface area contributed by atoms with Crippen LogP contribution in [0.3, 0.4) is 0 Å². The third-order valence-corrected chi connectivity index (χ3v) is 4.67. The van der Waals surface area contributed by atoms with Crippen molar-refractivity contribution in [2.75, 3.05) is 0 Å². The fraction of sp³-hybridized carbons (Fsp3) is 0.812. The van der Waals surface area contributed by atoms with Crippen molar-refractivity contribution >= 4 is 12.2 Å². The van der Waals surface area contributed by atoms with Gasteiger partial charge < -0.3 is 9.13 Å². The SMILES string of the molecule is CC(C)n1c2c(n(C(C)C)c1=S)CC(C)(C)CCC2. The summed E-state index contributed by atoms with van der Waals surface area (Å²) in [6.07, 6.45) is 4.93. The Hall–Kier alpha value is -0.570. The predicted molar refractivity (Wildman–Crippen MR) is 84.4 cm³/mol. The summed E-state index contributed by atoms with van der Waals surface area (Å²) in [7, 11) is 0. The number of fused-ring (bicyclic) bond motifs is 1. The van der Waals surface area contributed by atoms with Crippen LogP contribution in [0.25, 0.3) is 0 Å². The Morgan fingerprint density at radius 3 is 2.05 bits per heavy atom. The highest BCUT2D eigenvalue weighted by Crippen LogP contribution is 2.36. The minimum atomic E-state index is 0.396. The van der Waals surface area contributed by atoms with E-state index in [-0.39, 0.29) is 0 Å². The van der Waals surface area contributed by atoms with Crippen molar-refractivity contribution in [1.82, 2.24) is 9.13 Å². The average molecular weight is 280 g/mol. The quantitative estimate of drug-likeness (QED) is 0.542. The Morgan fingerprint density at radius 1 is 1.00 bits per heavy atom. The van der Waals surface area contributed by atoms with Gasteiger partial charge >= 0.3 is 0 Å². The Bertz CT molecular complexity index is 518. The van der Waals surface area contributed by atoms with E-state index in [0.717, 1.165) is 11.2 Å². The molecular weight excluding hydrogens is 252 g/mol. The van der Waals surface area contributed by atoms with Crippen LogP contribution in [0.4, 0.5) is 0 Å². The van der Waals surface area contributed by atoms with Crippen molar-refractivity contribution in [3.8, 4) is 0 Å². The van der Waals surface area contributed by atoms with Crippen LogP contribution in [-0.4, -0.2) is 9.13 Å². The van der Waals surface area contributed by atoms with E-state index in [1.54, 1.807) is 0 Å². The standard InChI is InChI=1S/C16H28N2S/c1-11(2)17-13-8-7-9-16(5,6)10-14(13)18(12(3)4)15(17)19/h11-12H,7-10H2,1-6H3. The molecule has 0 spiro atoms. The van der Waals surface area contributed by atoms with E-state index in [9.17, 15) is 0 Å². The molecule has 0 saturated heterocycles. The van der Waals surface area contributed by atoms with E-state index < -0.39 is 0 Å². The van der Waals surface area contributed by atoms with E-state index in [0.29, 0.717) is 17.5 Å². The lowest BCUT2D eigenvalue weighted by Gasteiger charge is -2.24. The lowest BCUT2D eigenvalue weighted by Crippen LogP contribution is -2.17. The molecule has 0 bridgehead atoms. The van der Waals surface area contributed by atoms with Gasteiger partial charge in [-0.05, 0) is 71.0 Å². The van der Waals surface area contributed by atoms with E-state index in [4.69, 9.17) is 12.2 Å². The molecule has 1 aromatic rings. The van der Waals surface area contributed by atoms with Crippen molar-refractivity contribution in [3.05, 3.63) is 16.2 Å². The number of aromatic nitrogens is 2. The van der Waals surface area contributed by atoms with E-state index >= 15 is 0 Å². The van der Waals surface area contributed by atoms with Crippen molar-refractivity contribution in [1.29, 1.82) is 0 Å². The maximum atomic E-state index is 5.76. The highest BCUT2D eigenvalue weighted by atomic mass is 32.1. The van der Waals surface area contributed by atoms with Gasteiger partial charge in [-0.1, -0.05) is 13.8 Å². The molecule has 2 nitrogen and oxygen atoms in total. The summed E-state index contributed by atoms with van der Waals surface area (Å²) in [6, 6.07) is 0.914. The zero-order chi connectivity index (χ0) is 14.4. The van der Waals surface area contributed by atoms with Gasteiger partial charge in [-0.2, -0.15) is 0 Å². The number of hydrogen-bond donors (Lipinski definition) is 0. The van der Waals surface area contributed by atoms with Crippen LogP contribution in [0.5, 0.6) is 0 Å². The summed E-state index contributed by atoms with van der Waals surface area (Å²) in [5, 5.41) is 0. The summed E-state index contributed by atoms with van der Waals surface area (Å²) < 4.78 is 5.82. The van der Waals surface area contributed by atoms with Gasteiger partial charge in [0.25, 0.3) is 0 Å². The zero-order valence-electron chi connectivity index (χ0n) is 13.3. The molecule has 108 valence electrons. The minimum Gasteiger partial charge on any atom is -0.318 e. The fourth-order valence-electron chi connectivity index (χ4n) is 3.42. The summed E-state index contributed by atoms with van der Waals surface area (Å²) in [4.78, 5) is 0. The van der Waals surface area contributed by atoms with Crippen LogP contribution in [0.2, 0.25) is 0 Å². The second kappa shape index (κ2) is 5.08. The molecule has 1 heterocycles. The number of hydrogen-bond acceptors (Lipinski definition) is 1. The molecule has 1 aliphatic carbocycles. The molecule has 0 aliphatic heterocycles. The summed E-state index contributed by atoms with van der Waals surface area (Å²) in [5.74, 6) is 0. The number of imidazole rings is 1. The molecule has 19 heavy (non-hydrogen) atoms. The molecule has 0 saturated carbocycles. The Labute approximate surface area is 122 Å². The molecule has 1 aliphatic rings. The number of nitrogens with zero attached hydrogens (tertiary/aromatic N) is 2. The van der Waals surface area contributed by atoms with E-state index in [2.05, 4.69) is 50.7 Å². The second-order valence-electron chi connectivity index (χ2n) is 7.30. The molecule has 0 amide bonds. The van der Waals surface area contributed by atoms with Gasteiger partial charge in [0.1, 0.15) is 0 Å². The lowest BCUT2D eigenvalue weighted by atomic mass is 9.85. The van der Waals surface area contributed by atoms with Crippen LogP contribution in [-0.2, 0) is 12.8 Å². The van der Waals surface area contributed by atoms with Gasteiger partial charge in [-0.3, -0.25) is 0 Å². The van der Waals surface area contributed by atoms with Crippen LogP contribution >= 0.6 is 12.2 Å². The molecule has 0 radical (unpaired) electrons. The molecule has 0 fully saturated rings. The maximum Gasteiger partial charge on any atom is 0.180 e. The second-order valence-corrected chi connectivity index (χ2v) is 7.66. The van der Waals surface area contributed by atoms with E-state index in [1.165, 1.54) is 30.7 Å². The fourth-order valence-corrected chi connectivity index (χ4v) is 4.06. The van der Waals surface area contributed by atoms with Gasteiger partial charge in [-0.15, -0.1) is 0 Å². The first-order valence-corrected chi connectivity index (χ1v) is 8.00. The molecule has 1 aromatic heterocycles. The van der Waals surface area contributed by atoms with Gasteiger partial charge in [0.15, 0.2) is 4.77 Å². The van der Waals surface area contributed by atoms with Crippen molar-refractivity contribution in [2.45, 2.75) is 79.3 Å². The highest BCUT2D eigenvalue weighted by molar-refractivity contribution is 7.71. The molecule has 0 aromatic carbocycles. The smallest absolute Gasteiger partial charge is 0.180 e. The molecule has 0 atom stereocenters. The van der Waals surface area contributed by atoms with Crippen LogP contribution < -0.4 is 0 Å². The van der Waals surface area contributed by atoms with Gasteiger partial charge in [0, 0.05) is 23.5 Å². The highest BCUT2D eigenvalue weighted by Gasteiger charge is 2.29. The zero-order valence-corrected chi connectivity index (χ0v) is 14.1. The van der Waals surface area contributed by atoms with Gasteiger partial charge in [0.05, 0.1) is 0 Å². The van der Waals surface area contributed by atoms with Crippen molar-refractivity contribution < 1.29 is 0 Å². The topological polar surface area (TPSA) is 9.86 Å². The van der Waals surface area contributed by atoms with Crippen molar-refractivity contribution in [2.24, 2.45) is 5.41 Å². The summed E-state index contributed by atoms with van der Waals surface area (Å²) in [6.45, 7) is 13.8. The maximum absolute atomic E-state index is 5.76. The van der Waals surface area contributed by atoms with Crippen molar-refractivity contribution in [3.63, 3.8) is 0 Å². The molecule has 3 heteroatoms. The van der Waals surface area contributed by atoms with Crippen LogP contribution in [0.1, 0.15) is 77.9 Å². The Balaban J connectivity index is 2.68. The third kappa shape index (κ3) is 2.67. The molecular formula is C16H28N2S. The largest absolute Gasteiger partial charge is 0.318 e. The molecule has 0 unspecified atom stereocenters. The monoisotopic (exact) mass is 280 g/mol. The van der Waals surface area contributed by atoms with E-state index in [1.807, 2.05) is 0 Å². The summed E-state index contributed by atoms with van der Waals surface area (Å²) >= 11 is 5.76. The lowest BCUT2D eigenvalue weighted by molar-refractivity contribution is 0.322. The minimum absolute atomic E-state index is 0.396. The molecule has 0 N–H and O–H groups in total. The number of rotatable bonds is 2. The molecule has 2 rings (SSSR count). The summed E-state index contributed by atoms with van der Waals surface area (Å²) in [5.41, 5.74) is 3.39. The van der Waals surface area contributed by atoms with Crippen LogP contribution in [0.15, 0.2) is 0 Å². The average Bonchev–Trinajstić information content (AvgIpc) is 2.40.